The summed E-state index contributed by atoms with van der Waals surface area (Å²) in [7, 11) is 0. The number of nitrogens with one attached hydrogen (secondary N) is 1. The van der Waals surface area contributed by atoms with E-state index in [9.17, 15) is 4.79 Å². The van der Waals surface area contributed by atoms with Gasteiger partial charge in [0, 0.05) is 29.6 Å². The number of carbonyl (C=O) groups excluding carboxylic acids is 1. The molecule has 128 valence electrons. The van der Waals surface area contributed by atoms with Crippen LogP contribution >= 0.6 is 0 Å². The van der Waals surface area contributed by atoms with E-state index in [2.05, 4.69) is 29.4 Å². The number of hydrogen-bond acceptors (Lipinski definition) is 3. The van der Waals surface area contributed by atoms with Gasteiger partial charge >= 0.3 is 0 Å². The summed E-state index contributed by atoms with van der Waals surface area (Å²) in [5, 5.41) is 5.99. The van der Waals surface area contributed by atoms with Crippen molar-refractivity contribution in [1.29, 1.82) is 0 Å². The lowest BCUT2D eigenvalue weighted by molar-refractivity contribution is -0.114. The average Bonchev–Trinajstić information content (AvgIpc) is 2.63. The normalized spacial score (nSPS) is 11.0. The van der Waals surface area contributed by atoms with Gasteiger partial charge in [0.15, 0.2) is 0 Å². The van der Waals surface area contributed by atoms with Gasteiger partial charge in [-0.3, -0.25) is 9.78 Å². The molecule has 0 fully saturated rings. The number of carbonyl (C=O) groups is 1. The lowest BCUT2D eigenvalue weighted by Gasteiger charge is -2.16. The predicted molar refractivity (Wildman–Crippen MR) is 108 cm³/mol. The van der Waals surface area contributed by atoms with Crippen LogP contribution in [0.25, 0.3) is 32.8 Å². The third kappa shape index (κ3) is 2.65. The first-order valence-electron chi connectivity index (χ1n) is 8.49. The van der Waals surface area contributed by atoms with E-state index in [0.29, 0.717) is 5.69 Å². The van der Waals surface area contributed by atoms with Crippen LogP contribution in [0.4, 0.5) is 11.4 Å². The van der Waals surface area contributed by atoms with E-state index >= 15 is 0 Å². The molecule has 3 aromatic carbocycles. The minimum absolute atomic E-state index is 0.105. The number of aryl methyl sites for hydroxylation is 1. The number of nitrogens with two attached hydrogens (primary N) is 1. The summed E-state index contributed by atoms with van der Waals surface area (Å²) in [5.41, 5.74) is 11.6. The lowest BCUT2D eigenvalue weighted by Crippen LogP contribution is -2.07. The molecule has 4 rings (SSSR count). The average molecular weight is 341 g/mol. The van der Waals surface area contributed by atoms with Crippen LogP contribution in [-0.2, 0) is 4.79 Å². The van der Waals surface area contributed by atoms with Gasteiger partial charge in [-0.25, -0.2) is 0 Å². The minimum Gasteiger partial charge on any atom is -0.399 e. The van der Waals surface area contributed by atoms with Crippen molar-refractivity contribution >= 4 is 39.0 Å². The molecule has 0 unspecified atom stereocenters. The quantitative estimate of drug-likeness (QED) is 0.402. The largest absolute Gasteiger partial charge is 0.399 e. The summed E-state index contributed by atoms with van der Waals surface area (Å²) >= 11 is 0. The molecule has 3 N–H and O–H groups in total. The van der Waals surface area contributed by atoms with Crippen molar-refractivity contribution in [1.82, 2.24) is 4.98 Å². The zero-order valence-electron chi connectivity index (χ0n) is 14.7. The molecule has 0 aliphatic heterocycles. The van der Waals surface area contributed by atoms with Gasteiger partial charge in [0.25, 0.3) is 0 Å². The van der Waals surface area contributed by atoms with Gasteiger partial charge in [-0.2, -0.15) is 0 Å². The summed E-state index contributed by atoms with van der Waals surface area (Å²) in [4.78, 5) is 16.3. The molecule has 0 spiro atoms. The molecule has 0 saturated heterocycles. The van der Waals surface area contributed by atoms with E-state index in [1.165, 1.54) is 6.92 Å². The van der Waals surface area contributed by atoms with Gasteiger partial charge in [-0.1, -0.05) is 36.4 Å². The summed E-state index contributed by atoms with van der Waals surface area (Å²) in [6.45, 7) is 3.63. The number of fused-ring (bicyclic) bond motifs is 3. The van der Waals surface area contributed by atoms with Crippen molar-refractivity contribution < 1.29 is 4.79 Å². The third-order valence-electron chi connectivity index (χ3n) is 4.65. The maximum atomic E-state index is 11.7. The number of rotatable bonds is 2. The van der Waals surface area contributed by atoms with E-state index < -0.39 is 0 Å². The summed E-state index contributed by atoms with van der Waals surface area (Å²) in [6.07, 6.45) is 1.81. The van der Waals surface area contributed by atoms with Crippen LogP contribution in [0, 0.1) is 6.92 Å². The molecule has 0 bridgehead atoms. The molecule has 1 amide bonds. The fourth-order valence-electron chi connectivity index (χ4n) is 3.49. The van der Waals surface area contributed by atoms with Crippen molar-refractivity contribution in [3.8, 4) is 11.1 Å². The number of pyridine rings is 1. The maximum Gasteiger partial charge on any atom is 0.221 e. The first-order chi connectivity index (χ1) is 12.5. The van der Waals surface area contributed by atoms with E-state index in [1.54, 1.807) is 0 Å². The monoisotopic (exact) mass is 341 g/mol. The van der Waals surface area contributed by atoms with Crippen molar-refractivity contribution in [3.63, 3.8) is 0 Å². The van der Waals surface area contributed by atoms with Crippen LogP contribution in [0.1, 0.15) is 12.5 Å². The fraction of sp³-hybridized carbons (Fsp3) is 0.0909. The molecule has 26 heavy (non-hydrogen) atoms. The molecule has 0 saturated carbocycles. The third-order valence-corrected chi connectivity index (χ3v) is 4.65. The van der Waals surface area contributed by atoms with Crippen LogP contribution in [0.5, 0.6) is 0 Å². The second kappa shape index (κ2) is 6.15. The molecule has 0 atom stereocenters. The number of amides is 1. The zero-order chi connectivity index (χ0) is 18.3. The number of aromatic nitrogens is 1. The first-order valence-corrected chi connectivity index (χ1v) is 8.49. The summed E-state index contributed by atoms with van der Waals surface area (Å²) in [5.74, 6) is -0.105. The Labute approximate surface area is 151 Å². The number of benzene rings is 3. The summed E-state index contributed by atoms with van der Waals surface area (Å²) < 4.78 is 0. The Morgan fingerprint density at radius 1 is 1.04 bits per heavy atom. The van der Waals surface area contributed by atoms with Gasteiger partial charge in [-0.05, 0) is 47.2 Å². The van der Waals surface area contributed by atoms with Crippen LogP contribution in [-0.4, -0.2) is 10.9 Å². The molecular formula is C22H19N3O. The van der Waals surface area contributed by atoms with Crippen LogP contribution < -0.4 is 11.1 Å². The number of anilines is 2. The molecule has 1 aromatic heterocycles. The summed E-state index contributed by atoms with van der Waals surface area (Å²) in [6, 6.07) is 18.0. The lowest BCUT2D eigenvalue weighted by atomic mass is 9.92. The smallest absolute Gasteiger partial charge is 0.221 e. The Morgan fingerprint density at radius 2 is 1.81 bits per heavy atom. The minimum atomic E-state index is -0.105. The fourth-order valence-corrected chi connectivity index (χ4v) is 3.49. The maximum absolute atomic E-state index is 11.7. The van der Waals surface area contributed by atoms with Crippen LogP contribution in [0.2, 0.25) is 0 Å². The zero-order valence-corrected chi connectivity index (χ0v) is 14.7. The SMILES string of the molecule is CC(=O)Nc1cc(-c2ccccc2)c(C)c2c1cnc1cc(N)ccc12. The number of hydrogen-bond donors (Lipinski definition) is 2. The highest BCUT2D eigenvalue weighted by atomic mass is 16.1. The van der Waals surface area contributed by atoms with Gasteiger partial charge in [-0.15, -0.1) is 0 Å². The van der Waals surface area contributed by atoms with E-state index in [0.717, 1.165) is 44.1 Å². The van der Waals surface area contributed by atoms with E-state index in [-0.39, 0.29) is 5.91 Å². The molecule has 4 aromatic rings. The molecule has 0 aliphatic rings. The molecule has 4 heteroatoms. The van der Waals surface area contributed by atoms with Crippen molar-refractivity contribution in [2.24, 2.45) is 0 Å². The second-order valence-corrected chi connectivity index (χ2v) is 6.47. The molecular weight excluding hydrogens is 322 g/mol. The van der Waals surface area contributed by atoms with Gasteiger partial charge in [0.05, 0.1) is 11.2 Å². The molecule has 4 nitrogen and oxygen atoms in total. The van der Waals surface area contributed by atoms with Gasteiger partial charge in [0.2, 0.25) is 5.91 Å². The molecule has 0 aliphatic carbocycles. The topological polar surface area (TPSA) is 68.0 Å². The second-order valence-electron chi connectivity index (χ2n) is 6.47. The highest BCUT2D eigenvalue weighted by Crippen LogP contribution is 2.38. The number of nitrogen functional groups attached to an aromatic ring is 1. The first kappa shape index (κ1) is 16.1. The molecule has 1 heterocycles. The number of nitrogens with zero attached hydrogens (tertiary/aromatic N) is 1. The Morgan fingerprint density at radius 3 is 2.54 bits per heavy atom. The van der Waals surface area contributed by atoms with Crippen molar-refractivity contribution in [2.75, 3.05) is 11.1 Å². The Hall–Kier alpha value is -3.40. The van der Waals surface area contributed by atoms with E-state index in [1.807, 2.05) is 48.7 Å². The van der Waals surface area contributed by atoms with E-state index in [4.69, 9.17) is 5.73 Å². The highest BCUT2D eigenvalue weighted by Gasteiger charge is 2.15. The van der Waals surface area contributed by atoms with Gasteiger partial charge in [0.1, 0.15) is 0 Å². The Balaban J connectivity index is 2.14. The van der Waals surface area contributed by atoms with Crippen molar-refractivity contribution in [2.45, 2.75) is 13.8 Å². The predicted octanol–water partition coefficient (Wildman–Crippen LogP) is 4.90. The molecule has 0 radical (unpaired) electrons. The van der Waals surface area contributed by atoms with Crippen LogP contribution in [0.15, 0.2) is 60.8 Å². The van der Waals surface area contributed by atoms with Crippen molar-refractivity contribution in [3.05, 3.63) is 66.4 Å². The van der Waals surface area contributed by atoms with Gasteiger partial charge < -0.3 is 11.1 Å². The standard InChI is InChI=1S/C22H19N3O/c1-13-18(15-6-4-3-5-7-15)11-21(25-14(2)26)19-12-24-20-10-16(23)8-9-17(20)22(13)19/h3-12H,23H2,1-2H3,(H,25,26). The van der Waals surface area contributed by atoms with Crippen LogP contribution in [0.3, 0.4) is 0 Å². The highest BCUT2D eigenvalue weighted by molar-refractivity contribution is 6.15. The Kier molecular flexibility index (Phi) is 3.81. The Bertz CT molecular complexity index is 1150.